The number of hydrogen-bond acceptors (Lipinski definition) is 5. The van der Waals surface area contributed by atoms with Crippen molar-refractivity contribution in [1.82, 2.24) is 25.3 Å². The van der Waals surface area contributed by atoms with Crippen LogP contribution in [-0.2, 0) is 16.1 Å². The highest BCUT2D eigenvalue weighted by molar-refractivity contribution is 5.86. The number of benzene rings is 1. The third-order valence-electron chi connectivity index (χ3n) is 4.96. The molecule has 0 aliphatic carbocycles. The molecule has 1 aromatic rings. The number of likely N-dealkylation sites (N-methyl/N-ethyl adjacent to an activating group) is 1. The molecule has 1 fully saturated rings. The fraction of sp³-hybridized carbons (Fsp3) is 0.591. The summed E-state index contributed by atoms with van der Waals surface area (Å²) in [7, 11) is 5.11. The highest BCUT2D eigenvalue weighted by Gasteiger charge is 2.22. The lowest BCUT2D eigenvalue weighted by Crippen LogP contribution is -2.55. The molecule has 1 aliphatic rings. The van der Waals surface area contributed by atoms with Crippen LogP contribution in [0.2, 0.25) is 0 Å². The molecule has 172 valence electrons. The Morgan fingerprint density at radius 3 is 2.32 bits per heavy atom. The van der Waals surface area contributed by atoms with Crippen molar-refractivity contribution < 1.29 is 14.3 Å². The molecule has 0 atom stereocenters. The number of rotatable bonds is 8. The molecule has 2 rings (SSSR count). The van der Waals surface area contributed by atoms with Crippen molar-refractivity contribution in [3.63, 3.8) is 0 Å². The number of amides is 2. The summed E-state index contributed by atoms with van der Waals surface area (Å²) < 4.78 is 5.20. The fourth-order valence-electron chi connectivity index (χ4n) is 3.17. The average molecular weight is 433 g/mol. The Morgan fingerprint density at radius 2 is 1.77 bits per heavy atom. The lowest BCUT2D eigenvalue weighted by atomic mass is 10.2. The van der Waals surface area contributed by atoms with Crippen LogP contribution in [0.3, 0.4) is 0 Å². The van der Waals surface area contributed by atoms with E-state index in [1.165, 1.54) is 0 Å². The van der Waals surface area contributed by atoms with Gasteiger partial charge in [0.1, 0.15) is 5.75 Å². The van der Waals surface area contributed by atoms with Crippen LogP contribution in [0, 0.1) is 0 Å². The predicted octanol–water partition coefficient (Wildman–Crippen LogP) is 0.371. The number of nitrogens with one attached hydrogen (secondary N) is 2. The van der Waals surface area contributed by atoms with Gasteiger partial charge >= 0.3 is 0 Å². The van der Waals surface area contributed by atoms with Crippen molar-refractivity contribution in [3.05, 3.63) is 29.8 Å². The van der Waals surface area contributed by atoms with Crippen LogP contribution in [0.1, 0.15) is 19.4 Å². The van der Waals surface area contributed by atoms with Gasteiger partial charge in [-0.1, -0.05) is 12.1 Å². The standard InChI is InChI=1S/C22H36N6O3/c1-17(2)25-20(29)16-27-10-12-28(13-11-27)22(24-15-21(30)26(3)4)23-14-18-6-8-19(31-5)9-7-18/h6-9,17H,10-16H2,1-5H3,(H,23,24)(H,25,29). The van der Waals surface area contributed by atoms with E-state index in [0.29, 0.717) is 19.0 Å². The van der Waals surface area contributed by atoms with E-state index in [1.54, 1.807) is 26.1 Å². The van der Waals surface area contributed by atoms with Gasteiger partial charge in [0, 0.05) is 46.3 Å². The Labute approximate surface area is 185 Å². The molecule has 1 saturated heterocycles. The first-order chi connectivity index (χ1) is 14.8. The summed E-state index contributed by atoms with van der Waals surface area (Å²) in [5, 5.41) is 6.14. The van der Waals surface area contributed by atoms with Gasteiger partial charge in [0.15, 0.2) is 5.96 Å². The van der Waals surface area contributed by atoms with Gasteiger partial charge in [-0.05, 0) is 31.5 Å². The number of carbonyl (C=O) groups excluding carboxylic acids is 2. The highest BCUT2D eigenvalue weighted by Crippen LogP contribution is 2.12. The van der Waals surface area contributed by atoms with E-state index in [9.17, 15) is 9.59 Å². The van der Waals surface area contributed by atoms with Crippen LogP contribution in [0.25, 0.3) is 0 Å². The monoisotopic (exact) mass is 432 g/mol. The number of nitrogens with zero attached hydrogens (tertiary/aromatic N) is 4. The van der Waals surface area contributed by atoms with Gasteiger partial charge in [-0.3, -0.25) is 14.5 Å². The van der Waals surface area contributed by atoms with Crippen molar-refractivity contribution in [2.45, 2.75) is 26.4 Å². The van der Waals surface area contributed by atoms with E-state index in [4.69, 9.17) is 9.73 Å². The maximum Gasteiger partial charge on any atom is 0.241 e. The summed E-state index contributed by atoms with van der Waals surface area (Å²) in [5.74, 6) is 1.55. The van der Waals surface area contributed by atoms with Crippen LogP contribution >= 0.6 is 0 Å². The van der Waals surface area contributed by atoms with E-state index in [2.05, 4.69) is 20.4 Å². The molecule has 0 spiro atoms. The number of ether oxygens (including phenoxy) is 1. The van der Waals surface area contributed by atoms with Gasteiger partial charge in [0.05, 0.1) is 26.7 Å². The second kappa shape index (κ2) is 12.1. The first-order valence-electron chi connectivity index (χ1n) is 10.7. The summed E-state index contributed by atoms with van der Waals surface area (Å²) in [5.41, 5.74) is 1.06. The van der Waals surface area contributed by atoms with Crippen molar-refractivity contribution in [3.8, 4) is 5.75 Å². The zero-order valence-electron chi connectivity index (χ0n) is 19.4. The smallest absolute Gasteiger partial charge is 0.241 e. The summed E-state index contributed by atoms with van der Waals surface area (Å²) in [6.07, 6.45) is 0. The maximum atomic E-state index is 12.1. The van der Waals surface area contributed by atoms with Gasteiger partial charge in [-0.2, -0.15) is 0 Å². The van der Waals surface area contributed by atoms with E-state index >= 15 is 0 Å². The van der Waals surface area contributed by atoms with Crippen LogP contribution in [-0.4, -0.2) is 99.0 Å². The molecule has 1 heterocycles. The molecule has 2 N–H and O–H groups in total. The molecule has 0 aromatic heterocycles. The number of carbonyl (C=O) groups is 2. The zero-order valence-corrected chi connectivity index (χ0v) is 19.4. The molecule has 1 aliphatic heterocycles. The largest absolute Gasteiger partial charge is 0.497 e. The van der Waals surface area contributed by atoms with E-state index in [1.807, 2.05) is 38.1 Å². The molecule has 0 saturated carbocycles. The fourth-order valence-corrected chi connectivity index (χ4v) is 3.17. The summed E-state index contributed by atoms with van der Waals surface area (Å²) >= 11 is 0. The molecule has 0 unspecified atom stereocenters. The summed E-state index contributed by atoms with van der Waals surface area (Å²) in [4.78, 5) is 34.7. The minimum Gasteiger partial charge on any atom is -0.497 e. The van der Waals surface area contributed by atoms with E-state index in [-0.39, 0.29) is 24.4 Å². The molecule has 0 radical (unpaired) electrons. The molecular formula is C22H36N6O3. The number of aliphatic imine (C=N–C) groups is 1. The number of piperazine rings is 1. The minimum absolute atomic E-state index is 0.0128. The SMILES string of the molecule is COc1ccc(CN=C(NCC(=O)N(C)C)N2CCN(CC(=O)NC(C)C)CC2)cc1. The molecule has 0 bridgehead atoms. The van der Waals surface area contributed by atoms with Crippen LogP contribution in [0.4, 0.5) is 0 Å². The first-order valence-corrected chi connectivity index (χ1v) is 10.7. The number of guanidine groups is 1. The van der Waals surface area contributed by atoms with Crippen molar-refractivity contribution in [2.24, 2.45) is 4.99 Å². The lowest BCUT2D eigenvalue weighted by molar-refractivity contribution is -0.127. The van der Waals surface area contributed by atoms with Gasteiger partial charge < -0.3 is 25.2 Å². The van der Waals surface area contributed by atoms with Gasteiger partial charge in [-0.25, -0.2) is 4.99 Å². The highest BCUT2D eigenvalue weighted by atomic mass is 16.5. The summed E-state index contributed by atoms with van der Waals surface area (Å²) in [6, 6.07) is 7.93. The molecular weight excluding hydrogens is 396 g/mol. The lowest BCUT2D eigenvalue weighted by Gasteiger charge is -2.36. The number of hydrogen-bond donors (Lipinski definition) is 2. The van der Waals surface area contributed by atoms with Crippen LogP contribution in [0.15, 0.2) is 29.3 Å². The molecule has 9 nitrogen and oxygen atoms in total. The van der Waals surface area contributed by atoms with E-state index < -0.39 is 0 Å². The minimum atomic E-state index is -0.0128. The Hall–Kier alpha value is -2.81. The van der Waals surface area contributed by atoms with Gasteiger partial charge in [-0.15, -0.1) is 0 Å². The Kier molecular flexibility index (Phi) is 9.58. The second-order valence-corrected chi connectivity index (χ2v) is 8.12. The van der Waals surface area contributed by atoms with Crippen LogP contribution < -0.4 is 15.4 Å². The average Bonchev–Trinajstić information content (AvgIpc) is 2.74. The van der Waals surface area contributed by atoms with Crippen molar-refractivity contribution >= 4 is 17.8 Å². The normalized spacial score (nSPS) is 15.0. The third-order valence-corrected chi connectivity index (χ3v) is 4.96. The van der Waals surface area contributed by atoms with Gasteiger partial charge in [0.2, 0.25) is 11.8 Å². The molecule has 1 aromatic carbocycles. The Bertz CT molecular complexity index is 740. The van der Waals surface area contributed by atoms with Gasteiger partial charge in [0.25, 0.3) is 0 Å². The van der Waals surface area contributed by atoms with Crippen LogP contribution in [0.5, 0.6) is 5.75 Å². The first kappa shape index (κ1) is 24.5. The zero-order chi connectivity index (χ0) is 22.8. The second-order valence-electron chi connectivity index (χ2n) is 8.12. The Morgan fingerprint density at radius 1 is 1.13 bits per heavy atom. The van der Waals surface area contributed by atoms with E-state index in [0.717, 1.165) is 37.5 Å². The predicted molar refractivity (Wildman–Crippen MR) is 122 cm³/mol. The van der Waals surface area contributed by atoms with Crippen molar-refractivity contribution in [2.75, 3.05) is 60.5 Å². The molecule has 31 heavy (non-hydrogen) atoms. The number of methoxy groups -OCH3 is 1. The quantitative estimate of drug-likeness (QED) is 0.456. The maximum absolute atomic E-state index is 12.1. The molecule has 9 heteroatoms. The summed E-state index contributed by atoms with van der Waals surface area (Å²) in [6.45, 7) is 8.00. The van der Waals surface area contributed by atoms with Crippen molar-refractivity contribution in [1.29, 1.82) is 0 Å². The Balaban J connectivity index is 1.99. The topological polar surface area (TPSA) is 89.5 Å². The molecule has 2 amide bonds. The third kappa shape index (κ3) is 8.45.